The first-order chi connectivity index (χ1) is 4.20. The van der Waals surface area contributed by atoms with Crippen LogP contribution in [0, 0.1) is 5.92 Å². The second kappa shape index (κ2) is 7.50. The summed E-state index contributed by atoms with van der Waals surface area (Å²) in [5, 5.41) is 26.4. The second-order valence-corrected chi connectivity index (χ2v) is 1.81. The smallest absolute Gasteiger partial charge is 0.550 e. The van der Waals surface area contributed by atoms with Gasteiger partial charge in [-0.15, -0.1) is 0 Å². The molecule has 0 amide bonds. The maximum absolute atomic E-state index is 9.79. The van der Waals surface area contributed by atoms with Crippen LogP contribution in [-0.2, 0) is 4.79 Å². The molecule has 0 atom stereocenters. The van der Waals surface area contributed by atoms with Gasteiger partial charge in [-0.2, -0.15) is 0 Å². The Balaban J connectivity index is 0. The van der Waals surface area contributed by atoms with E-state index in [-0.39, 0.29) is 49.2 Å². The summed E-state index contributed by atoms with van der Waals surface area (Å²) in [5.41, 5.74) is 0. The molecule has 0 aliphatic rings. The summed E-state index contributed by atoms with van der Waals surface area (Å²) in [6.45, 7) is -0.630. The van der Waals surface area contributed by atoms with Gasteiger partial charge < -0.3 is 20.1 Å². The van der Waals surface area contributed by atoms with Crippen LogP contribution in [0.15, 0.2) is 0 Å². The average molecular weight is 156 g/mol. The van der Waals surface area contributed by atoms with Gasteiger partial charge in [0.15, 0.2) is 0 Å². The van der Waals surface area contributed by atoms with Crippen LogP contribution in [0.3, 0.4) is 0 Å². The van der Waals surface area contributed by atoms with Crippen LogP contribution in [0.5, 0.6) is 0 Å². The van der Waals surface area contributed by atoms with Gasteiger partial charge in [-0.3, -0.25) is 0 Å². The fourth-order valence-corrected chi connectivity index (χ4v) is 0.423. The molecule has 10 heavy (non-hydrogen) atoms. The largest absolute Gasteiger partial charge is 1.00 e. The van der Waals surface area contributed by atoms with Gasteiger partial charge in [-0.05, 0) is 6.42 Å². The molecule has 0 saturated heterocycles. The van der Waals surface area contributed by atoms with Crippen LogP contribution < -0.4 is 34.7 Å². The van der Waals surface area contributed by atoms with E-state index in [0.29, 0.717) is 0 Å². The van der Waals surface area contributed by atoms with Crippen LogP contribution in [0.1, 0.15) is 6.42 Å². The summed E-state index contributed by atoms with van der Waals surface area (Å²) in [5.74, 6) is -1.82. The normalized spacial score (nSPS) is 9.10. The van der Waals surface area contributed by atoms with Gasteiger partial charge in [0.2, 0.25) is 0 Å². The van der Waals surface area contributed by atoms with Crippen molar-refractivity contribution >= 4 is 5.97 Å². The van der Waals surface area contributed by atoms with Crippen molar-refractivity contribution in [1.82, 2.24) is 0 Å². The molecular formula is C5H9NaO4. The van der Waals surface area contributed by atoms with Gasteiger partial charge in [-0.1, -0.05) is 0 Å². The zero-order chi connectivity index (χ0) is 7.28. The van der Waals surface area contributed by atoms with Crippen LogP contribution in [0.25, 0.3) is 0 Å². The molecule has 4 nitrogen and oxygen atoms in total. The molecule has 0 unspecified atom stereocenters. The minimum absolute atomic E-state index is 0. The number of hydrogen-bond donors (Lipinski definition) is 2. The van der Waals surface area contributed by atoms with Crippen molar-refractivity contribution in [2.75, 3.05) is 13.2 Å². The summed E-state index contributed by atoms with van der Waals surface area (Å²) in [4.78, 5) is 9.79. The molecule has 0 heterocycles. The van der Waals surface area contributed by atoms with E-state index in [1.54, 1.807) is 0 Å². The van der Waals surface area contributed by atoms with Crippen molar-refractivity contribution in [2.24, 2.45) is 5.92 Å². The molecule has 2 N–H and O–H groups in total. The topological polar surface area (TPSA) is 80.6 Å². The summed E-state index contributed by atoms with van der Waals surface area (Å²) < 4.78 is 0. The number of carbonyl (C=O) groups is 1. The van der Waals surface area contributed by atoms with Crippen LogP contribution in [-0.4, -0.2) is 29.4 Å². The van der Waals surface area contributed by atoms with Gasteiger partial charge in [0.1, 0.15) is 0 Å². The zero-order valence-corrected chi connectivity index (χ0v) is 7.91. The molecule has 0 aromatic heterocycles. The number of aliphatic hydroxyl groups is 2. The van der Waals surface area contributed by atoms with Gasteiger partial charge in [0, 0.05) is 25.1 Å². The Morgan fingerprint density at radius 2 is 1.80 bits per heavy atom. The Bertz CT molecular complexity index is 91.6. The predicted molar refractivity (Wildman–Crippen MR) is 27.3 cm³/mol. The van der Waals surface area contributed by atoms with Crippen molar-refractivity contribution in [3.63, 3.8) is 0 Å². The monoisotopic (exact) mass is 156 g/mol. The van der Waals surface area contributed by atoms with E-state index in [2.05, 4.69) is 0 Å². The average Bonchev–Trinajstić information content (AvgIpc) is 1.82. The Labute approximate surface area is 81.2 Å². The Hall–Kier alpha value is 0.390. The van der Waals surface area contributed by atoms with Gasteiger partial charge >= 0.3 is 29.6 Å². The predicted octanol–water partition coefficient (Wildman–Crippen LogP) is -5.27. The minimum atomic E-state index is -1.25. The summed E-state index contributed by atoms with van der Waals surface area (Å²) >= 11 is 0. The van der Waals surface area contributed by atoms with Crippen molar-refractivity contribution < 1.29 is 49.7 Å². The summed E-state index contributed by atoms with van der Waals surface area (Å²) in [7, 11) is 0. The molecule has 5 heteroatoms. The maximum Gasteiger partial charge on any atom is 1.00 e. The number of hydrogen-bond acceptors (Lipinski definition) is 4. The minimum Gasteiger partial charge on any atom is -0.550 e. The van der Waals surface area contributed by atoms with Crippen LogP contribution >= 0.6 is 0 Å². The molecule has 0 aliphatic carbocycles. The van der Waals surface area contributed by atoms with Crippen molar-refractivity contribution in [2.45, 2.75) is 6.42 Å². The molecule has 0 saturated carbocycles. The number of aliphatic carboxylic acids is 1. The number of carbonyl (C=O) groups excluding carboxylic acids is 1. The molecule has 54 valence electrons. The molecule has 0 aliphatic heterocycles. The Morgan fingerprint density at radius 3 is 1.90 bits per heavy atom. The SMILES string of the molecule is O=C([O-])CC(CO)CO.[Na+]. The van der Waals surface area contributed by atoms with Gasteiger partial charge in [0.25, 0.3) is 0 Å². The van der Waals surface area contributed by atoms with E-state index >= 15 is 0 Å². The standard InChI is InChI=1S/C5H10O4.Na/c6-2-4(3-7)1-5(8)9;/h4,6-7H,1-3H2,(H,8,9);/q;+1/p-1. The third kappa shape index (κ3) is 6.51. The van der Waals surface area contributed by atoms with E-state index < -0.39 is 11.9 Å². The molecule has 0 spiro atoms. The molecule has 0 rings (SSSR count). The zero-order valence-electron chi connectivity index (χ0n) is 5.91. The van der Waals surface area contributed by atoms with E-state index in [1.165, 1.54) is 0 Å². The first-order valence-corrected chi connectivity index (χ1v) is 2.62. The molecule has 0 aromatic carbocycles. The second-order valence-electron chi connectivity index (χ2n) is 1.81. The molecule has 0 fully saturated rings. The Kier molecular flexibility index (Phi) is 9.76. The first kappa shape index (κ1) is 13.0. The van der Waals surface area contributed by atoms with Crippen molar-refractivity contribution in [3.05, 3.63) is 0 Å². The van der Waals surface area contributed by atoms with Gasteiger partial charge in [0.05, 0.1) is 0 Å². The maximum atomic E-state index is 9.79. The fourth-order valence-electron chi connectivity index (χ4n) is 0.423. The number of aliphatic hydroxyl groups excluding tert-OH is 2. The van der Waals surface area contributed by atoms with E-state index in [4.69, 9.17) is 10.2 Å². The fraction of sp³-hybridized carbons (Fsp3) is 0.800. The number of rotatable bonds is 4. The van der Waals surface area contributed by atoms with Crippen LogP contribution in [0.4, 0.5) is 0 Å². The molecular weight excluding hydrogens is 147 g/mol. The third-order valence-electron chi connectivity index (χ3n) is 0.972. The van der Waals surface area contributed by atoms with E-state index in [0.717, 1.165) is 0 Å². The van der Waals surface area contributed by atoms with Crippen molar-refractivity contribution in [1.29, 1.82) is 0 Å². The summed E-state index contributed by atoms with van der Waals surface area (Å²) in [6, 6.07) is 0. The molecule has 0 aromatic rings. The number of carboxylic acid groups (broad SMARTS) is 1. The van der Waals surface area contributed by atoms with Gasteiger partial charge in [-0.25, -0.2) is 0 Å². The first-order valence-electron chi connectivity index (χ1n) is 2.62. The third-order valence-corrected chi connectivity index (χ3v) is 0.972. The van der Waals surface area contributed by atoms with Crippen LogP contribution in [0.2, 0.25) is 0 Å². The Morgan fingerprint density at radius 1 is 1.40 bits per heavy atom. The van der Waals surface area contributed by atoms with E-state index in [1.807, 2.05) is 0 Å². The number of carboxylic acids is 1. The quantitative estimate of drug-likeness (QED) is 0.398. The van der Waals surface area contributed by atoms with Crippen molar-refractivity contribution in [3.8, 4) is 0 Å². The van der Waals surface area contributed by atoms with E-state index in [9.17, 15) is 9.90 Å². The molecule has 0 bridgehead atoms. The molecule has 0 radical (unpaired) electrons. The summed E-state index contributed by atoms with van der Waals surface area (Å²) in [6.07, 6.45) is -0.285.